The average molecular weight is 1380 g/mol. The van der Waals surface area contributed by atoms with Gasteiger partial charge in [0.05, 0.1) is 18.2 Å². The predicted octanol–water partition coefficient (Wildman–Crippen LogP) is -4.39. The lowest BCUT2D eigenvalue weighted by Crippen LogP contribution is -2.65. The molecule has 5 heterocycles. The smallest absolute Gasteiger partial charge is 0.335 e. The Morgan fingerprint density at radius 3 is 1.67 bits per heavy atom. The van der Waals surface area contributed by atoms with Crippen molar-refractivity contribution in [2.45, 2.75) is 135 Å². The maximum absolute atomic E-state index is 13.4. The van der Waals surface area contributed by atoms with Gasteiger partial charge in [0, 0.05) is 24.3 Å². The van der Waals surface area contributed by atoms with E-state index in [0.717, 1.165) is 72.8 Å². The lowest BCUT2D eigenvalue weighted by atomic mass is 9.96. The van der Waals surface area contributed by atoms with Gasteiger partial charge in [-0.15, -0.1) is 0 Å². The van der Waals surface area contributed by atoms with Crippen LogP contribution in [0.2, 0.25) is 0 Å². The number of aliphatic hydroxyl groups is 12. The quantitative estimate of drug-likeness (QED) is 0.00882. The maximum Gasteiger partial charge on any atom is 0.335 e. The van der Waals surface area contributed by atoms with Gasteiger partial charge in [0.15, 0.2) is 64.9 Å². The number of carboxylic acids is 2. The van der Waals surface area contributed by atoms with Gasteiger partial charge in [0.1, 0.15) is 116 Å². The first-order valence-electron chi connectivity index (χ1n) is 28.8. The topological polar surface area (TPSA) is 604 Å². The number of carboxylic acid groups (broad SMARTS) is 2. The molecule has 21 N–H and O–H groups in total. The van der Waals surface area contributed by atoms with Crippen LogP contribution < -0.4 is 9.47 Å². The third kappa shape index (κ3) is 16.4. The molecule has 9 rings (SSSR count). The molecule has 526 valence electrons. The number of esters is 3. The van der Waals surface area contributed by atoms with Crippen molar-refractivity contribution < 1.29 is 183 Å². The van der Waals surface area contributed by atoms with E-state index >= 15 is 0 Å². The fraction of sp³-hybridized carbons (Fsp3) is 0.417. The van der Waals surface area contributed by atoms with E-state index in [4.69, 9.17) is 52.1 Å². The number of aliphatic hydroxyl groups excluding tert-OH is 11. The van der Waals surface area contributed by atoms with Crippen molar-refractivity contribution in [3.8, 4) is 57.5 Å². The van der Waals surface area contributed by atoms with E-state index in [1.54, 1.807) is 0 Å². The Morgan fingerprint density at radius 2 is 1.06 bits per heavy atom. The molecule has 21 unspecified atom stereocenters. The molecule has 5 aliphatic heterocycles. The highest BCUT2D eigenvalue weighted by molar-refractivity contribution is 5.90. The molecule has 0 amide bonds. The summed E-state index contributed by atoms with van der Waals surface area (Å²) in [4.78, 5) is 62.0. The number of hydrogen-bond donors (Lipinski definition) is 20. The SMILES string of the molecule is O=C(O)CC(=O)OCC1OC(OC2=Cc3c(O)cc(OC4OC(COC(=O)C=Cc5ccc(O)c(O)c5)C(O)C(O)C4O)cc3[OH+]C2c2cc(O)c(O)c(OC3OC(C(=O)O)C(O)C(O)C3O)c2)C(OC2OC(CO)C(O)C(O)C2OC(=O)C=Cc2ccc(O)c(O)c2)C(O)C1O. The predicted molar refractivity (Wildman–Crippen MR) is 309 cm³/mol. The van der Waals surface area contributed by atoms with Crippen LogP contribution in [0, 0.1) is 0 Å². The van der Waals surface area contributed by atoms with Crippen molar-refractivity contribution in [1.82, 2.24) is 0 Å². The molecule has 5 aliphatic rings. The summed E-state index contributed by atoms with van der Waals surface area (Å²) in [6.45, 7) is -2.93. The Bertz CT molecular complexity index is 3630. The number of ether oxygens (including phenoxy) is 12. The molecule has 4 fully saturated rings. The fourth-order valence-electron chi connectivity index (χ4n) is 10.3. The number of benzene rings is 4. The zero-order chi connectivity index (χ0) is 70.6. The first-order chi connectivity index (χ1) is 45.9. The van der Waals surface area contributed by atoms with Crippen molar-refractivity contribution in [3.63, 3.8) is 0 Å². The minimum Gasteiger partial charge on any atom is -0.571 e. The highest BCUT2D eigenvalue weighted by atomic mass is 16.8. The number of carbonyl (C=O) groups is 5. The zero-order valence-electron chi connectivity index (χ0n) is 49.5. The van der Waals surface area contributed by atoms with E-state index in [2.05, 4.69) is 4.74 Å². The molecule has 4 saturated heterocycles. The van der Waals surface area contributed by atoms with E-state index in [0.29, 0.717) is 0 Å². The maximum atomic E-state index is 13.4. The van der Waals surface area contributed by atoms with Gasteiger partial charge in [0.2, 0.25) is 24.6 Å². The molecule has 0 aromatic heterocycles. The summed E-state index contributed by atoms with van der Waals surface area (Å²) in [5, 5.41) is 213. The van der Waals surface area contributed by atoms with Gasteiger partial charge in [-0.1, -0.05) is 12.1 Å². The highest BCUT2D eigenvalue weighted by Gasteiger charge is 2.55. The van der Waals surface area contributed by atoms with E-state index < -0.39 is 248 Å². The first kappa shape index (κ1) is 71.9. The van der Waals surface area contributed by atoms with Gasteiger partial charge in [0.25, 0.3) is 11.9 Å². The minimum absolute atomic E-state index is 0.122. The van der Waals surface area contributed by atoms with Crippen LogP contribution in [0.25, 0.3) is 18.2 Å². The lowest BCUT2D eigenvalue weighted by molar-refractivity contribution is -0.364. The summed E-state index contributed by atoms with van der Waals surface area (Å²) in [6, 6.07) is 10.6. The fourth-order valence-corrected chi connectivity index (χ4v) is 10.3. The van der Waals surface area contributed by atoms with Crippen molar-refractivity contribution in [1.29, 1.82) is 0 Å². The van der Waals surface area contributed by atoms with E-state index in [-0.39, 0.29) is 22.4 Å². The third-order valence-electron chi connectivity index (χ3n) is 15.5. The van der Waals surface area contributed by atoms with Crippen LogP contribution in [-0.2, 0) is 66.6 Å². The van der Waals surface area contributed by atoms with Gasteiger partial charge >= 0.3 is 29.8 Å². The molecule has 37 nitrogen and oxygen atoms in total. The van der Waals surface area contributed by atoms with Gasteiger partial charge in [-0.25, -0.2) is 14.4 Å². The van der Waals surface area contributed by atoms with Crippen molar-refractivity contribution in [2.75, 3.05) is 19.8 Å². The summed E-state index contributed by atoms with van der Waals surface area (Å²) in [5.41, 5.74) is -0.377. The van der Waals surface area contributed by atoms with Crippen LogP contribution in [0.3, 0.4) is 0 Å². The molecule has 0 saturated carbocycles. The van der Waals surface area contributed by atoms with Crippen LogP contribution in [0.15, 0.2) is 78.6 Å². The number of aromatic hydroxyl groups is 8. The number of fused-ring (bicyclic) bond motifs is 1. The molecular formula is C60H65O37+. The second-order valence-corrected chi connectivity index (χ2v) is 22.2. The van der Waals surface area contributed by atoms with Crippen molar-refractivity contribution in [3.05, 3.63) is 101 Å². The summed E-state index contributed by atoms with van der Waals surface area (Å²) < 4.78 is 67.0. The van der Waals surface area contributed by atoms with E-state index in [1.165, 1.54) is 18.2 Å². The number of hydrogen-bond acceptors (Lipinski definition) is 34. The largest absolute Gasteiger partial charge is 0.571 e. The molecule has 0 spiro atoms. The minimum atomic E-state index is -2.39. The average Bonchev–Trinajstić information content (AvgIpc) is 0.766. The summed E-state index contributed by atoms with van der Waals surface area (Å²) in [5.74, 6) is -14.7. The number of carbonyl (C=O) groups excluding carboxylic acids is 3. The molecule has 21 atom stereocenters. The normalized spacial score (nSPS) is 31.8. The monoisotopic (exact) mass is 1380 g/mol. The Kier molecular flexibility index (Phi) is 22.5. The summed E-state index contributed by atoms with van der Waals surface area (Å²) >= 11 is 0. The van der Waals surface area contributed by atoms with Crippen LogP contribution in [0.5, 0.6) is 57.5 Å². The Balaban J connectivity index is 1.08. The van der Waals surface area contributed by atoms with Crippen LogP contribution >= 0.6 is 0 Å². The lowest BCUT2D eigenvalue weighted by Gasteiger charge is -2.46. The van der Waals surface area contributed by atoms with Crippen LogP contribution in [0.1, 0.15) is 34.8 Å². The Hall–Kier alpha value is -9.39. The van der Waals surface area contributed by atoms with Gasteiger partial charge in [-0.3, -0.25) is 9.59 Å². The number of aliphatic carboxylic acids is 2. The van der Waals surface area contributed by atoms with E-state index in [1.807, 2.05) is 0 Å². The molecule has 37 heteroatoms. The zero-order valence-corrected chi connectivity index (χ0v) is 49.5. The molecule has 0 aliphatic carbocycles. The number of rotatable bonds is 22. The molecule has 0 bridgehead atoms. The molecule has 4 aromatic carbocycles. The Labute approximate surface area is 543 Å². The number of phenols is 7. The Morgan fingerprint density at radius 1 is 0.505 bits per heavy atom. The molecule has 4 aromatic rings. The highest BCUT2D eigenvalue weighted by Crippen LogP contribution is 2.49. The van der Waals surface area contributed by atoms with Crippen molar-refractivity contribution in [2.24, 2.45) is 0 Å². The third-order valence-corrected chi connectivity index (χ3v) is 15.5. The van der Waals surface area contributed by atoms with Crippen LogP contribution in [0.4, 0.5) is 0 Å². The van der Waals surface area contributed by atoms with Gasteiger partial charge in [-0.05, 0) is 59.7 Å². The van der Waals surface area contributed by atoms with Gasteiger partial charge < -0.3 is 159 Å². The molecule has 0 radical (unpaired) electrons. The second kappa shape index (κ2) is 30.4. The summed E-state index contributed by atoms with van der Waals surface area (Å²) in [7, 11) is 0. The second-order valence-electron chi connectivity index (χ2n) is 22.2. The first-order valence-corrected chi connectivity index (χ1v) is 28.8. The van der Waals surface area contributed by atoms with E-state index in [9.17, 15) is 126 Å². The molecule has 97 heavy (non-hydrogen) atoms. The number of phenolic OH excluding ortho intramolecular Hbond substituents is 7. The summed E-state index contributed by atoms with van der Waals surface area (Å²) in [6.07, 6.45) is -40.9. The molecular weight excluding hydrogens is 1310 g/mol. The van der Waals surface area contributed by atoms with Crippen molar-refractivity contribution >= 4 is 48.1 Å². The standard InChI is InChI=1S/C60H64O37/c61-17-34-42(74)47(79)54(95-39(71)8-4-21-2-6-26(63)29(66)10-21)60(92-34)97-55-48(80)44(76)36(19-87-40(72)16-37(68)69)94-59(55)91-33-15-24-27(64)13-23(88-57-50(82)45(77)43(75)35(93-57)18-86-38(70)7-3-20-1-5-25(62)28(65)9-20)14-31(24)89-52(33)22-11-30(67)41(73)32(12-22)90-58-51(83)46(78)49(81)53(96-58)56(84)85/h1-15,34-36,42-55,57-67,73-83H,16-19H2,(H,68,69)(H,84,85)/p+1. The van der Waals surface area contributed by atoms with Gasteiger partial charge in [-0.2, -0.15) is 0 Å². The van der Waals surface area contributed by atoms with Crippen LogP contribution in [-0.4, -0.2) is 279 Å².